The Bertz CT molecular complexity index is 332. The third-order valence-corrected chi connectivity index (χ3v) is 3.48. The maximum Gasteiger partial charge on any atom is 0.203 e. The van der Waals surface area contributed by atoms with Crippen molar-refractivity contribution in [3.63, 3.8) is 0 Å². The van der Waals surface area contributed by atoms with Crippen LogP contribution in [0, 0.1) is 0 Å². The van der Waals surface area contributed by atoms with Gasteiger partial charge in [-0.15, -0.1) is 0 Å². The summed E-state index contributed by atoms with van der Waals surface area (Å²) in [6.45, 7) is 4.78. The first-order chi connectivity index (χ1) is 8.92. The molecule has 0 saturated heterocycles. The number of anilines is 1. The average molecular weight is 251 g/mol. The van der Waals surface area contributed by atoms with Crippen LogP contribution in [0.3, 0.4) is 0 Å². The predicted molar refractivity (Wildman–Crippen MR) is 73.9 cm³/mol. The van der Waals surface area contributed by atoms with Gasteiger partial charge in [0, 0.05) is 38.2 Å². The smallest absolute Gasteiger partial charge is 0.203 e. The highest BCUT2D eigenvalue weighted by Crippen LogP contribution is 2.31. The molecule has 102 valence electrons. The second-order valence-electron chi connectivity index (χ2n) is 4.99. The van der Waals surface area contributed by atoms with Gasteiger partial charge in [-0.05, 0) is 25.7 Å². The van der Waals surface area contributed by atoms with Gasteiger partial charge in [0.05, 0.1) is 0 Å². The Labute approximate surface area is 110 Å². The summed E-state index contributed by atoms with van der Waals surface area (Å²) >= 11 is 0. The molecule has 4 nitrogen and oxygen atoms in total. The van der Waals surface area contributed by atoms with E-state index in [-0.39, 0.29) is 0 Å². The summed E-state index contributed by atoms with van der Waals surface area (Å²) in [7, 11) is 0. The van der Waals surface area contributed by atoms with Crippen LogP contribution in [0.5, 0.6) is 0 Å². The highest BCUT2D eigenvalue weighted by Gasteiger charge is 2.18. The van der Waals surface area contributed by atoms with Gasteiger partial charge >= 0.3 is 0 Å². The molecule has 1 aromatic rings. The second-order valence-corrected chi connectivity index (χ2v) is 4.99. The summed E-state index contributed by atoms with van der Waals surface area (Å²) in [5, 5.41) is 3.42. The molecule has 1 aliphatic carbocycles. The van der Waals surface area contributed by atoms with Crippen LogP contribution in [0.15, 0.2) is 12.4 Å². The van der Waals surface area contributed by atoms with E-state index in [1.807, 2.05) is 6.20 Å². The highest BCUT2D eigenvalue weighted by molar-refractivity contribution is 5.26. The monoisotopic (exact) mass is 251 g/mol. The van der Waals surface area contributed by atoms with E-state index in [4.69, 9.17) is 4.74 Å². The third-order valence-electron chi connectivity index (χ3n) is 3.48. The van der Waals surface area contributed by atoms with E-state index in [0.717, 1.165) is 38.5 Å². The van der Waals surface area contributed by atoms with E-state index in [0.29, 0.717) is 6.04 Å². The minimum Gasteiger partial charge on any atom is -0.381 e. The molecule has 0 bridgehead atoms. The lowest BCUT2D eigenvalue weighted by Gasteiger charge is -2.15. The molecule has 0 amide bonds. The first-order valence-electron chi connectivity index (χ1n) is 7.26. The van der Waals surface area contributed by atoms with E-state index >= 15 is 0 Å². The van der Waals surface area contributed by atoms with Gasteiger partial charge in [0.1, 0.15) is 0 Å². The van der Waals surface area contributed by atoms with Crippen molar-refractivity contribution in [1.82, 2.24) is 9.55 Å². The molecule has 0 unspecified atom stereocenters. The van der Waals surface area contributed by atoms with Gasteiger partial charge in [0.25, 0.3) is 0 Å². The maximum atomic E-state index is 5.47. The fourth-order valence-electron chi connectivity index (χ4n) is 2.55. The minimum atomic E-state index is 0.659. The standard InChI is InChI=1S/C14H25N3O/c1-2-11-18-12-5-8-15-14-16-9-10-17(14)13-6-3-4-7-13/h9-10,13H,2-8,11-12H2,1H3,(H,15,16). The highest BCUT2D eigenvalue weighted by atomic mass is 16.5. The molecule has 4 heteroatoms. The molecule has 2 rings (SSSR count). The first-order valence-corrected chi connectivity index (χ1v) is 7.26. The van der Waals surface area contributed by atoms with Crippen molar-refractivity contribution in [2.45, 2.75) is 51.5 Å². The van der Waals surface area contributed by atoms with Crippen molar-refractivity contribution >= 4 is 5.95 Å². The van der Waals surface area contributed by atoms with Gasteiger partial charge in [-0.1, -0.05) is 19.8 Å². The van der Waals surface area contributed by atoms with E-state index in [9.17, 15) is 0 Å². The molecule has 0 atom stereocenters. The van der Waals surface area contributed by atoms with Gasteiger partial charge in [-0.2, -0.15) is 0 Å². The maximum absolute atomic E-state index is 5.47. The third kappa shape index (κ3) is 3.73. The Morgan fingerprint density at radius 2 is 2.22 bits per heavy atom. The summed E-state index contributed by atoms with van der Waals surface area (Å²) in [6.07, 6.45) is 11.4. The van der Waals surface area contributed by atoms with Crippen LogP contribution < -0.4 is 5.32 Å². The van der Waals surface area contributed by atoms with Crippen LogP contribution in [-0.4, -0.2) is 29.3 Å². The molecular weight excluding hydrogens is 226 g/mol. The number of nitrogens with zero attached hydrogens (tertiary/aromatic N) is 2. The fraction of sp³-hybridized carbons (Fsp3) is 0.786. The molecule has 1 saturated carbocycles. The summed E-state index contributed by atoms with van der Waals surface area (Å²) in [4.78, 5) is 4.41. The van der Waals surface area contributed by atoms with Gasteiger partial charge in [-0.25, -0.2) is 4.98 Å². The quantitative estimate of drug-likeness (QED) is 0.721. The zero-order valence-corrected chi connectivity index (χ0v) is 11.4. The van der Waals surface area contributed by atoms with E-state index in [2.05, 4.69) is 28.0 Å². The van der Waals surface area contributed by atoms with E-state index in [1.54, 1.807) is 0 Å². The second kappa shape index (κ2) is 7.41. The number of rotatable bonds is 8. The predicted octanol–water partition coefficient (Wildman–Crippen LogP) is 3.23. The Kier molecular flexibility index (Phi) is 5.52. The SMILES string of the molecule is CCCOCCCNc1nccn1C1CCCC1. The number of hydrogen-bond acceptors (Lipinski definition) is 3. The van der Waals surface area contributed by atoms with Crippen LogP contribution in [0.25, 0.3) is 0 Å². The summed E-state index contributed by atoms with van der Waals surface area (Å²) in [5.74, 6) is 1.03. The zero-order chi connectivity index (χ0) is 12.6. The zero-order valence-electron chi connectivity index (χ0n) is 11.4. The molecule has 1 aromatic heterocycles. The van der Waals surface area contributed by atoms with Crippen LogP contribution >= 0.6 is 0 Å². The molecule has 1 heterocycles. The van der Waals surface area contributed by atoms with Gasteiger partial charge in [0.15, 0.2) is 0 Å². The Morgan fingerprint density at radius 1 is 1.39 bits per heavy atom. The lowest BCUT2D eigenvalue weighted by Crippen LogP contribution is -2.13. The van der Waals surface area contributed by atoms with Crippen molar-refractivity contribution in [1.29, 1.82) is 0 Å². The van der Waals surface area contributed by atoms with Crippen molar-refractivity contribution < 1.29 is 4.74 Å². The summed E-state index contributed by atoms with van der Waals surface area (Å²) in [5.41, 5.74) is 0. The Hall–Kier alpha value is -1.03. The van der Waals surface area contributed by atoms with Gasteiger partial charge in [0.2, 0.25) is 5.95 Å². The Balaban J connectivity index is 1.70. The van der Waals surface area contributed by atoms with E-state index < -0.39 is 0 Å². The van der Waals surface area contributed by atoms with Gasteiger partial charge < -0.3 is 14.6 Å². The molecule has 1 N–H and O–H groups in total. The topological polar surface area (TPSA) is 39.1 Å². The Morgan fingerprint density at radius 3 is 3.00 bits per heavy atom. The molecule has 1 fully saturated rings. The molecule has 0 aromatic carbocycles. The summed E-state index contributed by atoms with van der Waals surface area (Å²) in [6, 6.07) is 0.659. The number of aromatic nitrogens is 2. The molecular formula is C14H25N3O. The lowest BCUT2D eigenvalue weighted by atomic mass is 10.2. The van der Waals surface area contributed by atoms with Crippen molar-refractivity contribution in [3.8, 4) is 0 Å². The van der Waals surface area contributed by atoms with Crippen molar-refractivity contribution in [3.05, 3.63) is 12.4 Å². The van der Waals surface area contributed by atoms with Crippen LogP contribution in [0.2, 0.25) is 0 Å². The fourth-order valence-corrected chi connectivity index (χ4v) is 2.55. The van der Waals surface area contributed by atoms with Gasteiger partial charge in [-0.3, -0.25) is 0 Å². The molecule has 1 aliphatic rings. The largest absolute Gasteiger partial charge is 0.381 e. The molecule has 0 spiro atoms. The molecule has 0 radical (unpaired) electrons. The number of nitrogens with one attached hydrogen (secondary N) is 1. The normalized spacial score (nSPS) is 16.3. The van der Waals surface area contributed by atoms with Crippen LogP contribution in [-0.2, 0) is 4.74 Å². The molecule has 0 aliphatic heterocycles. The number of hydrogen-bond donors (Lipinski definition) is 1. The summed E-state index contributed by atoms with van der Waals surface area (Å²) < 4.78 is 7.77. The minimum absolute atomic E-state index is 0.659. The first kappa shape index (κ1) is 13.4. The molecule has 18 heavy (non-hydrogen) atoms. The van der Waals surface area contributed by atoms with E-state index in [1.165, 1.54) is 25.7 Å². The van der Waals surface area contributed by atoms with Crippen molar-refractivity contribution in [2.75, 3.05) is 25.1 Å². The van der Waals surface area contributed by atoms with Crippen LogP contribution in [0.1, 0.15) is 51.5 Å². The van der Waals surface area contributed by atoms with Crippen molar-refractivity contribution in [2.24, 2.45) is 0 Å². The van der Waals surface area contributed by atoms with Crippen LogP contribution in [0.4, 0.5) is 5.95 Å². The lowest BCUT2D eigenvalue weighted by molar-refractivity contribution is 0.134. The number of imidazole rings is 1. The number of ether oxygens (including phenoxy) is 1. The average Bonchev–Trinajstić information content (AvgIpc) is 3.03.